The molecule has 196 valence electrons. The maximum absolute atomic E-state index is 13.2. The van der Waals surface area contributed by atoms with Crippen molar-refractivity contribution in [3.63, 3.8) is 0 Å². The minimum Gasteiger partial charge on any atom is -0.409 e. The van der Waals surface area contributed by atoms with Gasteiger partial charge in [-0.1, -0.05) is 54.4 Å². The van der Waals surface area contributed by atoms with E-state index in [1.807, 2.05) is 47.8 Å². The Morgan fingerprint density at radius 3 is 2.68 bits per heavy atom. The largest absolute Gasteiger partial charge is 0.415 e. The van der Waals surface area contributed by atoms with Gasteiger partial charge in [0, 0.05) is 29.8 Å². The second-order valence-corrected chi connectivity index (χ2v) is 10.3. The predicted octanol–water partition coefficient (Wildman–Crippen LogP) is 4.40. The molecule has 2 heterocycles. The minimum atomic E-state index is -0.810. The number of benzene rings is 2. The van der Waals surface area contributed by atoms with Gasteiger partial charge in [-0.2, -0.15) is 0 Å². The molecule has 8 nitrogen and oxygen atoms in total. The number of hydrogen-bond donors (Lipinski definition) is 2. The molecule has 37 heavy (non-hydrogen) atoms. The van der Waals surface area contributed by atoms with Crippen molar-refractivity contribution in [1.82, 2.24) is 15.1 Å². The summed E-state index contributed by atoms with van der Waals surface area (Å²) in [6.45, 7) is 1.49. The summed E-state index contributed by atoms with van der Waals surface area (Å²) in [5, 5.41) is 6.93. The molecule has 0 saturated carbocycles. The van der Waals surface area contributed by atoms with Crippen molar-refractivity contribution < 1.29 is 19.1 Å². The number of unbranched alkanes of at least 4 members (excludes halogenated alkanes) is 2. The molecule has 4 rings (SSSR count). The van der Waals surface area contributed by atoms with Gasteiger partial charge in [-0.15, -0.1) is 11.3 Å². The molecule has 3 amide bonds. The smallest absolute Gasteiger partial charge is 0.409 e. The lowest BCUT2D eigenvalue weighted by Crippen LogP contribution is -2.61. The first-order valence-corrected chi connectivity index (χ1v) is 13.7. The van der Waals surface area contributed by atoms with Crippen molar-refractivity contribution in [2.24, 2.45) is 5.73 Å². The summed E-state index contributed by atoms with van der Waals surface area (Å²) in [5.74, 6) is -0.147. The number of nitrogens with one attached hydrogen (secondary N) is 1. The SMILES string of the molecule is NCCCCCC(=O)N1CCN(C(=O)Oc2ccc3ccccc3c2Cl)C[C@H]1C(=O)NCc1cccs1. The lowest BCUT2D eigenvalue weighted by atomic mass is 10.1. The van der Waals surface area contributed by atoms with Crippen molar-refractivity contribution in [2.75, 3.05) is 26.2 Å². The lowest BCUT2D eigenvalue weighted by Gasteiger charge is -2.40. The summed E-state index contributed by atoms with van der Waals surface area (Å²) in [4.78, 5) is 43.3. The fourth-order valence-electron chi connectivity index (χ4n) is 4.37. The van der Waals surface area contributed by atoms with E-state index in [4.69, 9.17) is 22.1 Å². The van der Waals surface area contributed by atoms with Crippen LogP contribution in [0.4, 0.5) is 4.79 Å². The standard InChI is InChI=1S/C27H31ClN4O4S/c28-25-21-9-4-3-7-19(21)11-12-23(25)36-27(35)31-14-15-32(24(33)10-2-1-5-13-29)22(18-31)26(34)30-17-20-8-6-16-37-20/h3-4,6-9,11-12,16,22H,1-2,5,10,13-15,17-18,29H2,(H,30,34)/t22-/m0/s1. The average molecular weight is 543 g/mol. The van der Waals surface area contributed by atoms with Crippen LogP contribution in [0.25, 0.3) is 10.8 Å². The number of rotatable bonds is 9. The summed E-state index contributed by atoms with van der Waals surface area (Å²) >= 11 is 8.05. The number of nitrogens with zero attached hydrogens (tertiary/aromatic N) is 2. The van der Waals surface area contributed by atoms with Gasteiger partial charge in [-0.25, -0.2) is 4.79 Å². The summed E-state index contributed by atoms with van der Waals surface area (Å²) in [6, 6.07) is 14.1. The molecule has 0 spiro atoms. The molecule has 3 N–H and O–H groups in total. The van der Waals surface area contributed by atoms with E-state index in [2.05, 4.69) is 5.32 Å². The van der Waals surface area contributed by atoms with Gasteiger partial charge in [0.2, 0.25) is 11.8 Å². The predicted molar refractivity (Wildman–Crippen MR) is 146 cm³/mol. The van der Waals surface area contributed by atoms with Crippen LogP contribution in [0.15, 0.2) is 53.9 Å². The zero-order chi connectivity index (χ0) is 26.2. The van der Waals surface area contributed by atoms with Gasteiger partial charge in [0.15, 0.2) is 5.75 Å². The van der Waals surface area contributed by atoms with Crippen LogP contribution < -0.4 is 15.8 Å². The van der Waals surface area contributed by atoms with Crippen LogP contribution in [0.2, 0.25) is 5.02 Å². The molecule has 1 aromatic heterocycles. The summed E-state index contributed by atoms with van der Waals surface area (Å²) in [6.07, 6.45) is 2.16. The molecule has 0 radical (unpaired) electrons. The molecule has 0 unspecified atom stereocenters. The number of amides is 3. The first-order valence-electron chi connectivity index (χ1n) is 12.4. The summed E-state index contributed by atoms with van der Waals surface area (Å²) < 4.78 is 5.64. The Balaban J connectivity index is 1.45. The molecule has 2 aromatic carbocycles. The van der Waals surface area contributed by atoms with Crippen molar-refractivity contribution >= 4 is 51.6 Å². The number of hydrogen-bond acceptors (Lipinski definition) is 6. The van der Waals surface area contributed by atoms with Crippen molar-refractivity contribution in [3.05, 3.63) is 63.8 Å². The van der Waals surface area contributed by atoms with E-state index in [-0.39, 0.29) is 37.2 Å². The van der Waals surface area contributed by atoms with Gasteiger partial charge in [0.25, 0.3) is 0 Å². The Bertz CT molecular complexity index is 1240. The van der Waals surface area contributed by atoms with Gasteiger partial charge < -0.3 is 25.6 Å². The summed E-state index contributed by atoms with van der Waals surface area (Å²) in [7, 11) is 0. The van der Waals surface area contributed by atoms with Gasteiger partial charge in [0.05, 0.1) is 18.1 Å². The van der Waals surface area contributed by atoms with Gasteiger partial charge in [-0.05, 0) is 42.3 Å². The van der Waals surface area contributed by atoms with E-state index in [1.165, 1.54) is 4.90 Å². The van der Waals surface area contributed by atoms with E-state index in [1.54, 1.807) is 22.3 Å². The van der Waals surface area contributed by atoms with Gasteiger partial charge in [-0.3, -0.25) is 9.59 Å². The first kappa shape index (κ1) is 26.9. The number of fused-ring (bicyclic) bond motifs is 1. The maximum Gasteiger partial charge on any atom is 0.415 e. The minimum absolute atomic E-state index is 0.0366. The van der Waals surface area contributed by atoms with E-state index in [0.29, 0.717) is 31.0 Å². The number of carbonyl (C=O) groups excluding carboxylic acids is 3. The average Bonchev–Trinajstić information content (AvgIpc) is 3.45. The van der Waals surface area contributed by atoms with Crippen LogP contribution in [0, 0.1) is 0 Å². The third kappa shape index (κ3) is 6.80. The number of carbonyl (C=O) groups is 3. The van der Waals surface area contributed by atoms with E-state index >= 15 is 0 Å². The van der Waals surface area contributed by atoms with Gasteiger partial charge in [0.1, 0.15) is 6.04 Å². The highest BCUT2D eigenvalue weighted by Gasteiger charge is 2.37. The van der Waals surface area contributed by atoms with Crippen LogP contribution >= 0.6 is 22.9 Å². The Hall–Kier alpha value is -3.14. The number of ether oxygens (including phenoxy) is 1. The van der Waals surface area contributed by atoms with E-state index < -0.39 is 12.1 Å². The molecule has 1 fully saturated rings. The Morgan fingerprint density at radius 1 is 1.05 bits per heavy atom. The van der Waals surface area contributed by atoms with Crippen LogP contribution in [0.3, 0.4) is 0 Å². The normalized spacial score (nSPS) is 15.6. The zero-order valence-corrected chi connectivity index (χ0v) is 22.1. The molecular weight excluding hydrogens is 512 g/mol. The first-order chi connectivity index (χ1) is 18.0. The second kappa shape index (κ2) is 12.9. The molecule has 1 aliphatic heterocycles. The Labute approximate surface area is 225 Å². The number of thiophene rings is 1. The van der Waals surface area contributed by atoms with E-state index in [0.717, 1.165) is 28.5 Å². The number of nitrogens with two attached hydrogens (primary N) is 1. The third-order valence-corrected chi connectivity index (χ3v) is 7.66. The van der Waals surface area contributed by atoms with Crippen LogP contribution in [0.1, 0.15) is 30.6 Å². The van der Waals surface area contributed by atoms with Crippen LogP contribution in [-0.2, 0) is 16.1 Å². The fourth-order valence-corrected chi connectivity index (χ4v) is 5.29. The molecule has 10 heteroatoms. The van der Waals surface area contributed by atoms with Crippen LogP contribution in [0.5, 0.6) is 5.75 Å². The van der Waals surface area contributed by atoms with Crippen molar-refractivity contribution in [3.8, 4) is 5.75 Å². The van der Waals surface area contributed by atoms with Gasteiger partial charge >= 0.3 is 6.09 Å². The Morgan fingerprint density at radius 2 is 1.89 bits per heavy atom. The second-order valence-electron chi connectivity index (χ2n) is 8.91. The maximum atomic E-state index is 13.2. The Kier molecular flexibility index (Phi) is 9.38. The quantitative estimate of drug-likeness (QED) is 0.390. The lowest BCUT2D eigenvalue weighted by molar-refractivity contribution is -0.143. The molecule has 1 aliphatic rings. The highest BCUT2D eigenvalue weighted by Crippen LogP contribution is 2.33. The molecule has 3 aromatic rings. The monoisotopic (exact) mass is 542 g/mol. The highest BCUT2D eigenvalue weighted by molar-refractivity contribution is 7.09. The van der Waals surface area contributed by atoms with Crippen molar-refractivity contribution in [2.45, 2.75) is 38.3 Å². The fraction of sp³-hybridized carbons (Fsp3) is 0.370. The third-order valence-electron chi connectivity index (χ3n) is 6.40. The molecule has 0 bridgehead atoms. The zero-order valence-electron chi connectivity index (χ0n) is 20.5. The topological polar surface area (TPSA) is 105 Å². The summed E-state index contributed by atoms with van der Waals surface area (Å²) in [5.41, 5.74) is 5.55. The molecule has 1 atom stereocenters. The van der Waals surface area contributed by atoms with Crippen molar-refractivity contribution in [1.29, 1.82) is 0 Å². The van der Waals surface area contributed by atoms with E-state index in [9.17, 15) is 14.4 Å². The molecule has 0 aliphatic carbocycles. The number of halogens is 1. The van der Waals surface area contributed by atoms with Crippen LogP contribution in [-0.4, -0.2) is 59.9 Å². The molecular formula is C27H31ClN4O4S. The molecule has 1 saturated heterocycles. The highest BCUT2D eigenvalue weighted by atomic mass is 35.5. The number of piperazine rings is 1.